The molecule has 1 aliphatic rings. The summed E-state index contributed by atoms with van der Waals surface area (Å²) in [6.45, 7) is 4.50. The minimum Gasteiger partial charge on any atom is -0.481 e. The third-order valence-electron chi connectivity index (χ3n) is 2.80. The molecule has 1 aromatic rings. The standard InChI is InChI=1S/C12H19N3OS/c1-16-12-10-11(2-3-14-12)13-4-5-15-6-8-17-9-7-15/h2-3,10H,4-9H2,1H3,(H,13,14). The molecule has 1 N–H and O–H groups in total. The first kappa shape index (κ1) is 12.5. The number of hydrogen-bond donors (Lipinski definition) is 1. The molecule has 0 spiro atoms. The summed E-state index contributed by atoms with van der Waals surface area (Å²) in [6.07, 6.45) is 1.76. The molecule has 5 heteroatoms. The molecule has 1 aromatic heterocycles. The Balaban J connectivity index is 1.73. The fraction of sp³-hybridized carbons (Fsp3) is 0.583. The van der Waals surface area contributed by atoms with Crippen LogP contribution in [0, 0.1) is 0 Å². The van der Waals surface area contributed by atoms with Crippen LogP contribution in [0.4, 0.5) is 5.69 Å². The van der Waals surface area contributed by atoms with Crippen molar-refractivity contribution in [1.29, 1.82) is 0 Å². The lowest BCUT2D eigenvalue weighted by atomic mass is 10.4. The van der Waals surface area contributed by atoms with Crippen molar-refractivity contribution >= 4 is 17.4 Å². The lowest BCUT2D eigenvalue weighted by Crippen LogP contribution is -2.36. The Bertz CT molecular complexity index is 342. The zero-order valence-electron chi connectivity index (χ0n) is 10.2. The predicted octanol–water partition coefficient (Wildman–Crippen LogP) is 1.55. The van der Waals surface area contributed by atoms with E-state index in [1.54, 1.807) is 13.3 Å². The van der Waals surface area contributed by atoms with Crippen LogP contribution in [-0.2, 0) is 0 Å². The van der Waals surface area contributed by atoms with Gasteiger partial charge in [-0.3, -0.25) is 4.90 Å². The van der Waals surface area contributed by atoms with Crippen LogP contribution in [0.25, 0.3) is 0 Å². The quantitative estimate of drug-likeness (QED) is 0.862. The molecule has 0 radical (unpaired) electrons. The SMILES string of the molecule is COc1cc(NCCN2CCSCC2)ccn1. The molecule has 0 aliphatic carbocycles. The van der Waals surface area contributed by atoms with Crippen molar-refractivity contribution in [3.63, 3.8) is 0 Å². The number of anilines is 1. The van der Waals surface area contributed by atoms with Crippen molar-refractivity contribution in [3.8, 4) is 5.88 Å². The van der Waals surface area contributed by atoms with Gasteiger partial charge in [0.1, 0.15) is 0 Å². The molecule has 0 saturated carbocycles. The molecule has 0 aromatic carbocycles. The monoisotopic (exact) mass is 253 g/mol. The van der Waals surface area contributed by atoms with E-state index in [1.165, 1.54) is 24.6 Å². The van der Waals surface area contributed by atoms with Crippen molar-refractivity contribution in [2.24, 2.45) is 0 Å². The highest BCUT2D eigenvalue weighted by Crippen LogP contribution is 2.13. The number of ether oxygens (including phenoxy) is 1. The van der Waals surface area contributed by atoms with Crippen LogP contribution in [0.15, 0.2) is 18.3 Å². The number of hydrogen-bond acceptors (Lipinski definition) is 5. The Kier molecular flexibility index (Phi) is 4.94. The maximum atomic E-state index is 5.09. The van der Waals surface area contributed by atoms with E-state index in [2.05, 4.69) is 15.2 Å². The second kappa shape index (κ2) is 6.71. The summed E-state index contributed by atoms with van der Waals surface area (Å²) in [6, 6.07) is 3.89. The highest BCUT2D eigenvalue weighted by Gasteiger charge is 2.09. The molecule has 17 heavy (non-hydrogen) atoms. The van der Waals surface area contributed by atoms with Gasteiger partial charge in [0, 0.05) is 55.6 Å². The fourth-order valence-corrected chi connectivity index (χ4v) is 2.79. The molecule has 1 aliphatic heterocycles. The highest BCUT2D eigenvalue weighted by molar-refractivity contribution is 7.99. The third kappa shape index (κ3) is 4.09. The maximum Gasteiger partial charge on any atom is 0.214 e. The lowest BCUT2D eigenvalue weighted by Gasteiger charge is -2.26. The molecule has 2 heterocycles. The van der Waals surface area contributed by atoms with Gasteiger partial charge in [-0.1, -0.05) is 0 Å². The summed E-state index contributed by atoms with van der Waals surface area (Å²) in [5.41, 5.74) is 1.07. The van der Waals surface area contributed by atoms with Gasteiger partial charge in [0.25, 0.3) is 0 Å². The van der Waals surface area contributed by atoms with Crippen LogP contribution in [0.5, 0.6) is 5.88 Å². The molecule has 94 valence electrons. The second-order valence-corrected chi connectivity index (χ2v) is 5.19. The molecular weight excluding hydrogens is 234 g/mol. The molecule has 1 saturated heterocycles. The van der Waals surface area contributed by atoms with Crippen molar-refractivity contribution in [3.05, 3.63) is 18.3 Å². The number of nitrogens with zero attached hydrogens (tertiary/aromatic N) is 2. The van der Waals surface area contributed by atoms with Crippen molar-refractivity contribution in [2.45, 2.75) is 0 Å². The van der Waals surface area contributed by atoms with Crippen LogP contribution in [0.3, 0.4) is 0 Å². The van der Waals surface area contributed by atoms with E-state index in [0.717, 1.165) is 18.8 Å². The molecule has 0 bridgehead atoms. The third-order valence-corrected chi connectivity index (χ3v) is 3.75. The summed E-state index contributed by atoms with van der Waals surface area (Å²) < 4.78 is 5.09. The maximum absolute atomic E-state index is 5.09. The largest absolute Gasteiger partial charge is 0.481 e. The molecular formula is C12H19N3OS. The van der Waals surface area contributed by atoms with E-state index in [9.17, 15) is 0 Å². The molecule has 0 atom stereocenters. The van der Waals surface area contributed by atoms with Crippen LogP contribution in [0.1, 0.15) is 0 Å². The second-order valence-electron chi connectivity index (χ2n) is 3.97. The van der Waals surface area contributed by atoms with Gasteiger partial charge in [-0.15, -0.1) is 0 Å². The topological polar surface area (TPSA) is 37.4 Å². The van der Waals surface area contributed by atoms with E-state index in [1.807, 2.05) is 23.9 Å². The molecule has 0 unspecified atom stereocenters. The van der Waals surface area contributed by atoms with E-state index in [0.29, 0.717) is 5.88 Å². The Morgan fingerprint density at radius 1 is 1.47 bits per heavy atom. The summed E-state index contributed by atoms with van der Waals surface area (Å²) in [5.74, 6) is 3.19. The number of thioether (sulfide) groups is 1. The smallest absolute Gasteiger partial charge is 0.214 e. The van der Waals surface area contributed by atoms with Gasteiger partial charge in [-0.25, -0.2) is 4.98 Å². The number of pyridine rings is 1. The first-order chi connectivity index (χ1) is 8.38. The van der Waals surface area contributed by atoms with Gasteiger partial charge in [0.15, 0.2) is 0 Å². The van der Waals surface area contributed by atoms with Crippen LogP contribution in [-0.4, -0.2) is 54.7 Å². The van der Waals surface area contributed by atoms with Gasteiger partial charge in [-0.2, -0.15) is 11.8 Å². The Morgan fingerprint density at radius 3 is 3.06 bits per heavy atom. The highest BCUT2D eigenvalue weighted by atomic mass is 32.2. The average Bonchev–Trinajstić information content (AvgIpc) is 2.40. The molecule has 2 rings (SSSR count). The van der Waals surface area contributed by atoms with E-state index in [-0.39, 0.29) is 0 Å². The number of aromatic nitrogens is 1. The van der Waals surface area contributed by atoms with E-state index < -0.39 is 0 Å². The number of methoxy groups -OCH3 is 1. The van der Waals surface area contributed by atoms with Crippen molar-refractivity contribution in [2.75, 3.05) is 50.1 Å². The first-order valence-corrected chi connectivity index (χ1v) is 7.08. The van der Waals surface area contributed by atoms with Crippen molar-refractivity contribution < 1.29 is 4.74 Å². The fourth-order valence-electron chi connectivity index (χ4n) is 1.81. The summed E-state index contributed by atoms with van der Waals surface area (Å²) >= 11 is 2.05. The predicted molar refractivity (Wildman–Crippen MR) is 73.0 cm³/mol. The molecule has 1 fully saturated rings. The Labute approximate surface area is 107 Å². The van der Waals surface area contributed by atoms with E-state index in [4.69, 9.17) is 4.74 Å². The van der Waals surface area contributed by atoms with Gasteiger partial charge < -0.3 is 10.1 Å². The summed E-state index contributed by atoms with van der Waals surface area (Å²) in [7, 11) is 1.64. The molecule has 0 amide bonds. The van der Waals surface area contributed by atoms with Gasteiger partial charge in [0.2, 0.25) is 5.88 Å². The normalized spacial score (nSPS) is 16.8. The number of nitrogens with one attached hydrogen (secondary N) is 1. The van der Waals surface area contributed by atoms with Crippen LogP contribution in [0.2, 0.25) is 0 Å². The Morgan fingerprint density at radius 2 is 2.29 bits per heavy atom. The zero-order valence-corrected chi connectivity index (χ0v) is 11.0. The van der Waals surface area contributed by atoms with E-state index >= 15 is 0 Å². The molecule has 4 nitrogen and oxygen atoms in total. The first-order valence-electron chi connectivity index (χ1n) is 5.92. The van der Waals surface area contributed by atoms with Gasteiger partial charge >= 0.3 is 0 Å². The van der Waals surface area contributed by atoms with Crippen LogP contribution < -0.4 is 10.1 Å². The minimum atomic E-state index is 0.657. The minimum absolute atomic E-state index is 0.657. The summed E-state index contributed by atoms with van der Waals surface area (Å²) in [5, 5.41) is 3.40. The summed E-state index contributed by atoms with van der Waals surface area (Å²) in [4.78, 5) is 6.58. The average molecular weight is 253 g/mol. The Hall–Kier alpha value is -0.940. The van der Waals surface area contributed by atoms with Gasteiger partial charge in [0.05, 0.1) is 7.11 Å². The van der Waals surface area contributed by atoms with Crippen molar-refractivity contribution in [1.82, 2.24) is 9.88 Å². The lowest BCUT2D eigenvalue weighted by molar-refractivity contribution is 0.314. The zero-order chi connectivity index (χ0) is 11.9. The van der Waals surface area contributed by atoms with Crippen LogP contribution >= 0.6 is 11.8 Å². The van der Waals surface area contributed by atoms with Gasteiger partial charge in [-0.05, 0) is 6.07 Å². The number of rotatable bonds is 5.